The van der Waals surface area contributed by atoms with Crippen LogP contribution in [0.15, 0.2) is 16.6 Å². The van der Waals surface area contributed by atoms with Crippen molar-refractivity contribution in [3.05, 3.63) is 28.0 Å². The van der Waals surface area contributed by atoms with Crippen molar-refractivity contribution >= 4 is 31.6 Å². The first-order chi connectivity index (χ1) is 8.87. The van der Waals surface area contributed by atoms with Crippen LogP contribution in [0.5, 0.6) is 0 Å². The van der Waals surface area contributed by atoms with Crippen molar-refractivity contribution in [3.8, 4) is 0 Å². The molecule has 2 rings (SSSR count). The molecule has 2 N–H and O–H groups in total. The van der Waals surface area contributed by atoms with Crippen LogP contribution in [-0.2, 0) is 10.0 Å². The Labute approximate surface area is 121 Å². The minimum Gasteiger partial charge on any atom is -0.313 e. The Hall–Kier alpha value is -0.660. The minimum atomic E-state index is -3.43. The van der Waals surface area contributed by atoms with E-state index in [9.17, 15) is 12.8 Å². The summed E-state index contributed by atoms with van der Waals surface area (Å²) in [5.74, 6) is -0.362. The summed E-state index contributed by atoms with van der Waals surface area (Å²) >= 11 is 3.05. The molecule has 4 nitrogen and oxygen atoms in total. The van der Waals surface area contributed by atoms with Crippen molar-refractivity contribution in [2.24, 2.45) is 0 Å². The van der Waals surface area contributed by atoms with Gasteiger partial charge in [-0.15, -0.1) is 0 Å². The third-order valence-corrected chi connectivity index (χ3v) is 5.10. The zero-order valence-corrected chi connectivity index (χ0v) is 12.9. The van der Waals surface area contributed by atoms with Crippen molar-refractivity contribution in [2.75, 3.05) is 17.0 Å². The Morgan fingerprint density at radius 3 is 2.89 bits per heavy atom. The summed E-state index contributed by atoms with van der Waals surface area (Å²) in [4.78, 5) is 0. The topological polar surface area (TPSA) is 58.2 Å². The lowest BCUT2D eigenvalue weighted by Gasteiger charge is -2.14. The largest absolute Gasteiger partial charge is 0.313 e. The molecule has 1 atom stereocenters. The van der Waals surface area contributed by atoms with E-state index in [1.54, 1.807) is 6.92 Å². The summed E-state index contributed by atoms with van der Waals surface area (Å²) in [5.41, 5.74) is 0.968. The van der Waals surface area contributed by atoms with Gasteiger partial charge in [0.05, 0.1) is 15.9 Å². The van der Waals surface area contributed by atoms with E-state index in [4.69, 9.17) is 0 Å². The molecule has 0 aromatic heterocycles. The molecule has 106 valence electrons. The molecule has 0 saturated carbocycles. The fraction of sp³-hybridized carbons (Fsp3) is 0.500. The SMILES string of the molecule is Cc1cc(F)c(Br)cc1NS(=O)(=O)CC1CCCN1. The van der Waals surface area contributed by atoms with Crippen LogP contribution in [-0.4, -0.2) is 26.8 Å². The van der Waals surface area contributed by atoms with E-state index in [-0.39, 0.29) is 16.3 Å². The lowest BCUT2D eigenvalue weighted by molar-refractivity contribution is 0.581. The van der Waals surface area contributed by atoms with Gasteiger partial charge in [0.15, 0.2) is 0 Å². The third kappa shape index (κ3) is 3.90. The van der Waals surface area contributed by atoms with Gasteiger partial charge in [0.1, 0.15) is 5.82 Å². The normalized spacial score (nSPS) is 19.6. The molecule has 0 bridgehead atoms. The second-order valence-electron chi connectivity index (χ2n) is 4.76. The Balaban J connectivity index is 2.13. The Bertz CT molecular complexity index is 571. The van der Waals surface area contributed by atoms with Crippen molar-refractivity contribution < 1.29 is 12.8 Å². The predicted molar refractivity (Wildman–Crippen MR) is 77.3 cm³/mol. The van der Waals surface area contributed by atoms with Gasteiger partial charge in [0, 0.05) is 6.04 Å². The van der Waals surface area contributed by atoms with E-state index < -0.39 is 15.8 Å². The number of hydrogen-bond donors (Lipinski definition) is 2. The van der Waals surface area contributed by atoms with Crippen LogP contribution < -0.4 is 10.0 Å². The second-order valence-corrected chi connectivity index (χ2v) is 7.38. The highest BCUT2D eigenvalue weighted by Gasteiger charge is 2.22. The number of benzene rings is 1. The molecular formula is C12H16BrFN2O2S. The standard InChI is InChI=1S/C12H16BrFN2O2S/c1-8-5-11(14)10(13)6-12(8)16-19(17,18)7-9-3-2-4-15-9/h5-6,9,15-16H,2-4,7H2,1H3. The van der Waals surface area contributed by atoms with Gasteiger partial charge in [-0.2, -0.15) is 0 Å². The van der Waals surface area contributed by atoms with Gasteiger partial charge >= 0.3 is 0 Å². The maximum absolute atomic E-state index is 13.3. The maximum atomic E-state index is 13.3. The summed E-state index contributed by atoms with van der Waals surface area (Å²) in [5, 5.41) is 3.15. The zero-order chi connectivity index (χ0) is 14.0. The smallest absolute Gasteiger partial charge is 0.234 e. The van der Waals surface area contributed by atoms with E-state index in [0.717, 1.165) is 19.4 Å². The summed E-state index contributed by atoms with van der Waals surface area (Å²) in [7, 11) is -3.43. The molecule has 1 unspecified atom stereocenters. The number of halogens is 2. The van der Waals surface area contributed by atoms with Crippen LogP contribution in [0.25, 0.3) is 0 Å². The first kappa shape index (κ1) is 14.7. The van der Waals surface area contributed by atoms with Crippen molar-refractivity contribution in [2.45, 2.75) is 25.8 Å². The average Bonchev–Trinajstić information content (AvgIpc) is 2.77. The highest BCUT2D eigenvalue weighted by atomic mass is 79.9. The van der Waals surface area contributed by atoms with E-state index in [2.05, 4.69) is 26.0 Å². The highest BCUT2D eigenvalue weighted by Crippen LogP contribution is 2.25. The van der Waals surface area contributed by atoms with Crippen LogP contribution in [0.2, 0.25) is 0 Å². The molecule has 0 aliphatic carbocycles. The molecule has 1 fully saturated rings. The summed E-state index contributed by atoms with van der Waals surface area (Å²) in [6.45, 7) is 2.53. The van der Waals surface area contributed by atoms with E-state index in [1.807, 2.05) is 0 Å². The van der Waals surface area contributed by atoms with Gasteiger partial charge < -0.3 is 5.32 Å². The predicted octanol–water partition coefficient (Wildman–Crippen LogP) is 2.39. The Morgan fingerprint density at radius 1 is 1.53 bits per heavy atom. The van der Waals surface area contributed by atoms with Crippen LogP contribution in [0.3, 0.4) is 0 Å². The Kier molecular flexibility index (Phi) is 4.47. The molecular weight excluding hydrogens is 335 g/mol. The Morgan fingerprint density at radius 2 is 2.26 bits per heavy atom. The summed E-state index contributed by atoms with van der Waals surface area (Å²) in [6.07, 6.45) is 1.87. The molecule has 19 heavy (non-hydrogen) atoms. The number of hydrogen-bond acceptors (Lipinski definition) is 3. The third-order valence-electron chi connectivity index (χ3n) is 3.12. The van der Waals surface area contributed by atoms with E-state index in [1.165, 1.54) is 12.1 Å². The highest BCUT2D eigenvalue weighted by molar-refractivity contribution is 9.10. The number of rotatable bonds is 4. The molecule has 1 aliphatic rings. The van der Waals surface area contributed by atoms with Gasteiger partial charge in [0.2, 0.25) is 10.0 Å². The minimum absolute atomic E-state index is 0.00157. The lowest BCUT2D eigenvalue weighted by Crippen LogP contribution is -2.33. The van der Waals surface area contributed by atoms with Gasteiger partial charge in [-0.1, -0.05) is 0 Å². The lowest BCUT2D eigenvalue weighted by atomic mass is 10.2. The van der Waals surface area contributed by atoms with Gasteiger partial charge in [-0.05, 0) is 59.9 Å². The van der Waals surface area contributed by atoms with Gasteiger partial charge in [-0.25, -0.2) is 12.8 Å². The molecule has 1 aromatic rings. The average molecular weight is 351 g/mol. The van der Waals surface area contributed by atoms with Crippen molar-refractivity contribution in [1.82, 2.24) is 5.32 Å². The fourth-order valence-electron chi connectivity index (χ4n) is 2.13. The quantitative estimate of drug-likeness (QED) is 0.876. The van der Waals surface area contributed by atoms with E-state index >= 15 is 0 Å². The number of anilines is 1. The second kappa shape index (κ2) is 5.76. The molecule has 0 radical (unpaired) electrons. The van der Waals surface area contributed by atoms with Crippen LogP contribution in [0.4, 0.5) is 10.1 Å². The monoisotopic (exact) mass is 350 g/mol. The first-order valence-electron chi connectivity index (χ1n) is 6.07. The van der Waals surface area contributed by atoms with Crippen molar-refractivity contribution in [1.29, 1.82) is 0 Å². The summed E-state index contributed by atoms with van der Waals surface area (Å²) in [6, 6.07) is 2.75. The number of sulfonamides is 1. The fourth-order valence-corrected chi connectivity index (χ4v) is 3.93. The van der Waals surface area contributed by atoms with Crippen molar-refractivity contribution in [3.63, 3.8) is 0 Å². The number of aryl methyl sites for hydroxylation is 1. The molecule has 1 heterocycles. The molecule has 1 aliphatic heterocycles. The van der Waals surface area contributed by atoms with Crippen LogP contribution >= 0.6 is 15.9 Å². The molecule has 1 aromatic carbocycles. The van der Waals surface area contributed by atoms with Gasteiger partial charge in [0.25, 0.3) is 0 Å². The maximum Gasteiger partial charge on any atom is 0.234 e. The molecule has 1 saturated heterocycles. The van der Waals surface area contributed by atoms with Crippen LogP contribution in [0.1, 0.15) is 18.4 Å². The molecule has 0 amide bonds. The number of nitrogens with one attached hydrogen (secondary N) is 2. The first-order valence-corrected chi connectivity index (χ1v) is 8.51. The van der Waals surface area contributed by atoms with E-state index in [0.29, 0.717) is 11.3 Å². The zero-order valence-electron chi connectivity index (χ0n) is 10.5. The molecule has 0 spiro atoms. The molecule has 7 heteroatoms. The van der Waals surface area contributed by atoms with Crippen LogP contribution in [0, 0.1) is 12.7 Å². The summed E-state index contributed by atoms with van der Waals surface area (Å²) < 4.78 is 40.1. The van der Waals surface area contributed by atoms with Gasteiger partial charge in [-0.3, -0.25) is 4.72 Å².